The third-order valence-electron chi connectivity index (χ3n) is 9.37. The SMILES string of the molecule is Cn1c(-c2cn(-c3ccc([N+](=O)[O-])cn3)nc2C(F)(F)F)cnc1C(=O)Nc1ccc(C(=O)NC2C3CN(C(=O)N[C@@H]4CNC[C@H]4O)CC32)c(Cl)c1. The Balaban J connectivity index is 0.987. The average Bonchev–Trinajstić information content (AvgIpc) is 3.67. The molecule has 0 bridgehead atoms. The monoisotopic (exact) mass is 743 g/mol. The second-order valence-electron chi connectivity index (χ2n) is 12.7. The number of halogens is 4. The zero-order chi connectivity index (χ0) is 37.1. The number of pyridine rings is 1. The lowest BCUT2D eigenvalue weighted by atomic mass is 10.2. The van der Waals surface area contributed by atoms with Gasteiger partial charge >= 0.3 is 12.2 Å². The van der Waals surface area contributed by atoms with Crippen LogP contribution in [0.25, 0.3) is 17.1 Å². The number of carbonyl (C=O) groups is 3. The molecule has 3 aliphatic rings. The minimum Gasteiger partial charge on any atom is -0.390 e. The second kappa shape index (κ2) is 13.2. The van der Waals surface area contributed by atoms with Crippen molar-refractivity contribution in [2.75, 3.05) is 31.5 Å². The van der Waals surface area contributed by atoms with Crippen molar-refractivity contribution in [3.8, 4) is 17.1 Å². The molecule has 21 heteroatoms. The molecule has 3 fully saturated rings. The molecule has 0 spiro atoms. The first kappa shape index (κ1) is 34.8. The number of nitrogens with zero attached hydrogens (tertiary/aromatic N) is 7. The highest BCUT2D eigenvalue weighted by molar-refractivity contribution is 6.34. The molecule has 5 heterocycles. The Morgan fingerprint density at radius 2 is 1.81 bits per heavy atom. The van der Waals surface area contributed by atoms with Crippen LogP contribution in [0.15, 0.2) is 48.9 Å². The number of β-amino-alcohol motifs (C(OH)–C–C–N with tert-alkyl or cyclic N) is 1. The quantitative estimate of drug-likeness (QED) is 0.131. The van der Waals surface area contributed by atoms with E-state index in [4.69, 9.17) is 11.6 Å². The van der Waals surface area contributed by atoms with E-state index in [9.17, 15) is 42.8 Å². The van der Waals surface area contributed by atoms with Gasteiger partial charge in [0.1, 0.15) is 6.20 Å². The first-order valence-electron chi connectivity index (χ1n) is 15.9. The number of piperidine rings is 1. The van der Waals surface area contributed by atoms with E-state index in [1.807, 2.05) is 0 Å². The maximum atomic E-state index is 14.0. The molecule has 7 rings (SSSR count). The van der Waals surface area contributed by atoms with E-state index < -0.39 is 40.3 Å². The molecular weight excluding hydrogens is 715 g/mol. The van der Waals surface area contributed by atoms with Crippen LogP contribution in [0.3, 0.4) is 0 Å². The molecule has 4 atom stereocenters. The maximum absolute atomic E-state index is 14.0. The minimum absolute atomic E-state index is 0.0356. The molecule has 2 aliphatic heterocycles. The van der Waals surface area contributed by atoms with Crippen LogP contribution in [0.1, 0.15) is 26.7 Å². The molecule has 272 valence electrons. The number of aromatic nitrogens is 5. The lowest BCUT2D eigenvalue weighted by Crippen LogP contribution is -2.49. The van der Waals surface area contributed by atoms with E-state index in [1.165, 1.54) is 25.2 Å². The van der Waals surface area contributed by atoms with Crippen molar-refractivity contribution in [3.05, 3.63) is 81.1 Å². The molecule has 3 aromatic heterocycles. The van der Waals surface area contributed by atoms with Crippen LogP contribution in [-0.2, 0) is 13.2 Å². The van der Waals surface area contributed by atoms with Gasteiger partial charge in [0.25, 0.3) is 17.5 Å². The van der Waals surface area contributed by atoms with Crippen molar-refractivity contribution in [2.45, 2.75) is 24.4 Å². The number of likely N-dealkylation sites (tertiary alicyclic amines) is 1. The Bertz CT molecular complexity index is 2080. The highest BCUT2D eigenvalue weighted by Gasteiger charge is 2.57. The molecule has 17 nitrogen and oxygen atoms in total. The number of anilines is 1. The summed E-state index contributed by atoms with van der Waals surface area (Å²) in [4.78, 5) is 58.6. The van der Waals surface area contributed by atoms with E-state index >= 15 is 0 Å². The van der Waals surface area contributed by atoms with Crippen molar-refractivity contribution < 1.29 is 37.6 Å². The number of nitro groups is 1. The summed E-state index contributed by atoms with van der Waals surface area (Å²) in [5.41, 5.74) is -1.83. The zero-order valence-electron chi connectivity index (χ0n) is 27.0. The Morgan fingerprint density at radius 1 is 1.06 bits per heavy atom. The Morgan fingerprint density at radius 3 is 2.42 bits per heavy atom. The molecule has 1 aliphatic carbocycles. The third kappa shape index (κ3) is 6.62. The van der Waals surface area contributed by atoms with Crippen molar-refractivity contribution in [1.29, 1.82) is 0 Å². The van der Waals surface area contributed by atoms with Crippen molar-refractivity contribution >= 4 is 40.8 Å². The lowest BCUT2D eigenvalue weighted by molar-refractivity contribution is -0.385. The number of carbonyl (C=O) groups excluding carboxylic acids is 3. The molecule has 0 radical (unpaired) electrons. The molecular formula is C31H29ClF3N11O6. The molecule has 1 aromatic carbocycles. The first-order chi connectivity index (χ1) is 24.7. The summed E-state index contributed by atoms with van der Waals surface area (Å²) in [6.07, 6.45) is -2.56. The fraction of sp³-hybridized carbons (Fsp3) is 0.355. The third-order valence-corrected chi connectivity index (χ3v) is 9.68. The topological polar surface area (TPSA) is 214 Å². The van der Waals surface area contributed by atoms with Crippen LogP contribution in [0.2, 0.25) is 5.02 Å². The number of fused-ring (bicyclic) bond motifs is 1. The molecule has 1 saturated carbocycles. The number of amides is 4. The minimum atomic E-state index is -4.91. The highest BCUT2D eigenvalue weighted by atomic mass is 35.5. The van der Waals surface area contributed by atoms with Crippen LogP contribution in [-0.4, -0.2) is 101 Å². The van der Waals surface area contributed by atoms with Crippen LogP contribution in [0.4, 0.5) is 29.3 Å². The summed E-state index contributed by atoms with van der Waals surface area (Å²) < 4.78 is 44.1. The number of aliphatic hydroxyl groups is 1. The predicted octanol–water partition coefficient (Wildman–Crippen LogP) is 2.20. The van der Waals surface area contributed by atoms with Crippen molar-refractivity contribution in [2.24, 2.45) is 18.9 Å². The molecule has 4 amide bonds. The number of urea groups is 1. The van der Waals surface area contributed by atoms with Gasteiger partial charge in [-0.2, -0.15) is 18.3 Å². The van der Waals surface area contributed by atoms with E-state index in [0.29, 0.717) is 26.2 Å². The van der Waals surface area contributed by atoms with Gasteiger partial charge in [0, 0.05) is 69.1 Å². The number of rotatable bonds is 8. The molecule has 2 saturated heterocycles. The smallest absolute Gasteiger partial charge is 0.390 e. The van der Waals surface area contributed by atoms with E-state index in [-0.39, 0.29) is 69.2 Å². The van der Waals surface area contributed by atoms with Gasteiger partial charge in [0.2, 0.25) is 0 Å². The van der Waals surface area contributed by atoms with Gasteiger partial charge in [0.05, 0.1) is 45.1 Å². The molecule has 2 unspecified atom stereocenters. The Kier molecular flexibility index (Phi) is 8.83. The number of hydrogen-bond acceptors (Lipinski definition) is 10. The largest absolute Gasteiger partial charge is 0.435 e. The molecule has 5 N–H and O–H groups in total. The van der Waals surface area contributed by atoms with Gasteiger partial charge in [-0.25, -0.2) is 19.4 Å². The fourth-order valence-corrected chi connectivity index (χ4v) is 6.81. The van der Waals surface area contributed by atoms with E-state index in [1.54, 1.807) is 4.90 Å². The number of nitrogens with one attached hydrogen (secondary N) is 4. The highest BCUT2D eigenvalue weighted by Crippen LogP contribution is 2.46. The van der Waals surface area contributed by atoms with Gasteiger partial charge in [-0.3, -0.25) is 19.7 Å². The van der Waals surface area contributed by atoms with Gasteiger partial charge in [-0.1, -0.05) is 11.6 Å². The molecule has 4 aromatic rings. The van der Waals surface area contributed by atoms with Gasteiger partial charge < -0.3 is 35.8 Å². The second-order valence-corrected chi connectivity index (χ2v) is 13.1. The lowest BCUT2D eigenvalue weighted by Gasteiger charge is -2.24. The number of hydrogen-bond donors (Lipinski definition) is 5. The van der Waals surface area contributed by atoms with Crippen LogP contribution >= 0.6 is 11.6 Å². The number of imidazole rings is 1. The van der Waals surface area contributed by atoms with Crippen LogP contribution < -0.4 is 21.3 Å². The standard InChI is InChI=1S/C31H29ClF3N11O6/c1-43-22(19-13-45(42-26(19)31(33,34)35)24-5-3-15(7-37-24)46(51)52)9-38-27(43)29(49)39-14-2-4-16(20(32)6-14)28(48)41-25-17-11-44(12-18(17)25)30(50)40-21-8-36-10-23(21)47/h2-7,9,13,17-18,21,23,25,36,47H,8,10-12H2,1H3,(H,39,49)(H,40,50)(H,41,48)/t17?,18?,21-,23-,25?/m1/s1. The van der Waals surface area contributed by atoms with Crippen LogP contribution in [0.5, 0.6) is 0 Å². The van der Waals surface area contributed by atoms with Crippen molar-refractivity contribution in [3.63, 3.8) is 0 Å². The summed E-state index contributed by atoms with van der Waals surface area (Å²) in [7, 11) is 1.34. The van der Waals surface area contributed by atoms with Crippen molar-refractivity contribution in [1.82, 2.24) is 45.2 Å². The first-order valence-corrected chi connectivity index (χ1v) is 16.2. The number of benzene rings is 1. The number of aliphatic hydroxyl groups excluding tert-OH is 1. The fourth-order valence-electron chi connectivity index (χ4n) is 6.54. The van der Waals surface area contributed by atoms with E-state index in [0.717, 1.165) is 40.0 Å². The van der Waals surface area contributed by atoms with Gasteiger partial charge in [-0.15, -0.1) is 0 Å². The summed E-state index contributed by atoms with van der Waals surface area (Å²) in [6.45, 7) is 1.83. The summed E-state index contributed by atoms with van der Waals surface area (Å²) in [5, 5.41) is 35.9. The zero-order valence-corrected chi connectivity index (χ0v) is 27.7. The summed E-state index contributed by atoms with van der Waals surface area (Å²) >= 11 is 6.41. The summed E-state index contributed by atoms with van der Waals surface area (Å²) in [5.74, 6) is -1.40. The Labute approximate surface area is 296 Å². The maximum Gasteiger partial charge on any atom is 0.435 e. The normalized spacial score (nSPS) is 22.2. The molecule has 52 heavy (non-hydrogen) atoms. The van der Waals surface area contributed by atoms with Gasteiger partial charge in [0.15, 0.2) is 17.3 Å². The van der Waals surface area contributed by atoms with E-state index in [2.05, 4.69) is 36.3 Å². The van der Waals surface area contributed by atoms with Crippen LogP contribution in [0, 0.1) is 22.0 Å². The average molecular weight is 744 g/mol. The predicted molar refractivity (Wildman–Crippen MR) is 176 cm³/mol. The number of alkyl halides is 3. The summed E-state index contributed by atoms with van der Waals surface area (Å²) in [6, 6.07) is 5.69. The Hall–Kier alpha value is -5.60. The van der Waals surface area contributed by atoms with Gasteiger partial charge in [-0.05, 0) is 24.3 Å².